The molecule has 0 atom stereocenters. The largest absolute Gasteiger partial charge is 0.497 e. The Kier molecular flexibility index (Phi) is 3.93. The van der Waals surface area contributed by atoms with Gasteiger partial charge in [-0.05, 0) is 18.2 Å². The van der Waals surface area contributed by atoms with Crippen LogP contribution in [0.1, 0.15) is 0 Å². The van der Waals surface area contributed by atoms with Crippen molar-refractivity contribution in [1.82, 2.24) is 0 Å². The zero-order valence-electron chi connectivity index (χ0n) is 13.1. The molecule has 23 heavy (non-hydrogen) atoms. The summed E-state index contributed by atoms with van der Waals surface area (Å²) in [4.78, 5) is 12.4. The Hall–Kier alpha value is -2.95. The van der Waals surface area contributed by atoms with Crippen molar-refractivity contribution in [3.63, 3.8) is 0 Å². The number of hydrogen-bond acceptors (Lipinski definition) is 5. The van der Waals surface area contributed by atoms with Crippen LogP contribution in [0.4, 0.5) is 0 Å². The van der Waals surface area contributed by atoms with Crippen molar-refractivity contribution in [3.8, 4) is 28.6 Å². The highest BCUT2D eigenvalue weighted by Crippen LogP contribution is 2.33. The summed E-state index contributed by atoms with van der Waals surface area (Å²) in [5.41, 5.74) is 1.05. The molecule has 1 heterocycles. The van der Waals surface area contributed by atoms with E-state index in [1.54, 1.807) is 19.2 Å². The zero-order valence-corrected chi connectivity index (χ0v) is 13.1. The molecule has 3 rings (SSSR count). The first-order chi connectivity index (χ1) is 11.2. The summed E-state index contributed by atoms with van der Waals surface area (Å²) in [5, 5.41) is 0.439. The van der Waals surface area contributed by atoms with Crippen LogP contribution in [0.2, 0.25) is 0 Å². The van der Waals surface area contributed by atoms with Gasteiger partial charge in [0.15, 0.2) is 16.9 Å². The predicted molar refractivity (Wildman–Crippen MR) is 87.6 cm³/mol. The number of benzene rings is 2. The molecule has 0 bridgehead atoms. The molecule has 0 saturated heterocycles. The number of methoxy groups -OCH3 is 3. The van der Waals surface area contributed by atoms with Gasteiger partial charge in [0.2, 0.25) is 0 Å². The van der Waals surface area contributed by atoms with Crippen LogP contribution >= 0.6 is 0 Å². The summed E-state index contributed by atoms with van der Waals surface area (Å²) in [6, 6.07) is 12.1. The van der Waals surface area contributed by atoms with Gasteiger partial charge in [-0.2, -0.15) is 0 Å². The summed E-state index contributed by atoms with van der Waals surface area (Å²) in [6.45, 7) is 0. The Morgan fingerprint density at radius 3 is 2.30 bits per heavy atom. The third-order valence-electron chi connectivity index (χ3n) is 3.59. The highest BCUT2D eigenvalue weighted by Gasteiger charge is 2.12. The Morgan fingerprint density at radius 1 is 0.870 bits per heavy atom. The minimum atomic E-state index is -0.148. The van der Waals surface area contributed by atoms with Gasteiger partial charge in [-0.1, -0.05) is 12.1 Å². The Morgan fingerprint density at radius 2 is 1.61 bits per heavy atom. The first kappa shape index (κ1) is 15.0. The van der Waals surface area contributed by atoms with Crippen LogP contribution in [0.25, 0.3) is 22.3 Å². The molecule has 0 fully saturated rings. The molecule has 0 unspecified atom stereocenters. The summed E-state index contributed by atoms with van der Waals surface area (Å²) < 4.78 is 21.6. The van der Waals surface area contributed by atoms with Gasteiger partial charge in [0.05, 0.1) is 26.7 Å². The van der Waals surface area contributed by atoms with Crippen molar-refractivity contribution in [2.24, 2.45) is 0 Å². The monoisotopic (exact) mass is 312 g/mol. The SMILES string of the molecule is COc1cccc(-c2cc(=O)c3cc(OC)c(OC)cc3o2)c1. The van der Waals surface area contributed by atoms with Crippen LogP contribution in [0, 0.1) is 0 Å². The minimum absolute atomic E-state index is 0.148. The van der Waals surface area contributed by atoms with Crippen molar-refractivity contribution in [2.75, 3.05) is 21.3 Å². The normalized spacial score (nSPS) is 10.6. The molecular formula is C18H16O5. The van der Waals surface area contributed by atoms with Crippen molar-refractivity contribution in [1.29, 1.82) is 0 Å². The fourth-order valence-electron chi connectivity index (χ4n) is 2.40. The quantitative estimate of drug-likeness (QED) is 0.738. The molecule has 0 spiro atoms. The van der Waals surface area contributed by atoms with Crippen LogP contribution in [-0.2, 0) is 0 Å². The molecule has 0 aliphatic carbocycles. The maximum absolute atomic E-state index is 12.4. The molecule has 0 aliphatic rings. The third kappa shape index (κ3) is 2.73. The highest BCUT2D eigenvalue weighted by molar-refractivity contribution is 5.82. The molecule has 2 aromatic carbocycles. The number of rotatable bonds is 4. The first-order valence-electron chi connectivity index (χ1n) is 7.00. The average molecular weight is 312 g/mol. The van der Waals surface area contributed by atoms with E-state index in [-0.39, 0.29) is 5.43 Å². The molecule has 0 N–H and O–H groups in total. The molecule has 0 radical (unpaired) electrons. The Labute approximate surface area is 133 Å². The van der Waals surface area contributed by atoms with Crippen molar-refractivity contribution >= 4 is 11.0 Å². The van der Waals surface area contributed by atoms with E-state index in [4.69, 9.17) is 18.6 Å². The minimum Gasteiger partial charge on any atom is -0.497 e. The van der Waals surface area contributed by atoms with Gasteiger partial charge in [-0.15, -0.1) is 0 Å². The molecule has 0 saturated carbocycles. The lowest BCUT2D eigenvalue weighted by atomic mass is 10.1. The standard InChI is InChI=1S/C18H16O5/c1-20-12-6-4-5-11(7-12)15-9-14(19)13-8-17(21-2)18(22-3)10-16(13)23-15/h4-10H,1-3H3. The maximum Gasteiger partial charge on any atom is 0.193 e. The fraction of sp³-hybridized carbons (Fsp3) is 0.167. The topological polar surface area (TPSA) is 57.9 Å². The van der Waals surface area contributed by atoms with Crippen LogP contribution < -0.4 is 19.6 Å². The predicted octanol–water partition coefficient (Wildman–Crippen LogP) is 3.49. The van der Waals surface area contributed by atoms with Gasteiger partial charge >= 0.3 is 0 Å². The van der Waals surface area contributed by atoms with Crippen LogP contribution in [0.3, 0.4) is 0 Å². The number of fused-ring (bicyclic) bond motifs is 1. The first-order valence-corrected chi connectivity index (χ1v) is 7.00. The van der Waals surface area contributed by atoms with Gasteiger partial charge in [0, 0.05) is 17.7 Å². The van der Waals surface area contributed by atoms with E-state index in [0.717, 1.165) is 5.56 Å². The smallest absolute Gasteiger partial charge is 0.193 e. The molecule has 118 valence electrons. The van der Waals surface area contributed by atoms with Gasteiger partial charge < -0.3 is 18.6 Å². The van der Waals surface area contributed by atoms with Gasteiger partial charge in [0.25, 0.3) is 0 Å². The molecular weight excluding hydrogens is 296 g/mol. The third-order valence-corrected chi connectivity index (χ3v) is 3.59. The van der Waals surface area contributed by atoms with Crippen molar-refractivity contribution in [2.45, 2.75) is 0 Å². The summed E-state index contributed by atoms with van der Waals surface area (Å²) >= 11 is 0. The Balaban J connectivity index is 2.22. The van der Waals surface area contributed by atoms with E-state index in [0.29, 0.717) is 34.0 Å². The van der Waals surface area contributed by atoms with Crippen LogP contribution in [0.15, 0.2) is 51.7 Å². The van der Waals surface area contributed by atoms with Gasteiger partial charge in [0.1, 0.15) is 17.1 Å². The fourth-order valence-corrected chi connectivity index (χ4v) is 2.40. The van der Waals surface area contributed by atoms with Crippen molar-refractivity contribution < 1.29 is 18.6 Å². The second-order valence-electron chi connectivity index (χ2n) is 4.91. The zero-order chi connectivity index (χ0) is 16.4. The summed E-state index contributed by atoms with van der Waals surface area (Å²) in [7, 11) is 4.65. The van der Waals surface area contributed by atoms with E-state index >= 15 is 0 Å². The maximum atomic E-state index is 12.4. The van der Waals surface area contributed by atoms with Crippen molar-refractivity contribution in [3.05, 3.63) is 52.7 Å². The van der Waals surface area contributed by atoms with E-state index in [1.807, 2.05) is 24.3 Å². The number of hydrogen-bond donors (Lipinski definition) is 0. The van der Waals surface area contributed by atoms with E-state index < -0.39 is 0 Å². The lowest BCUT2D eigenvalue weighted by molar-refractivity contribution is 0.355. The second kappa shape index (κ2) is 6.04. The summed E-state index contributed by atoms with van der Waals surface area (Å²) in [5.74, 6) is 2.15. The lowest BCUT2D eigenvalue weighted by Crippen LogP contribution is -2.02. The lowest BCUT2D eigenvalue weighted by Gasteiger charge is -2.09. The molecule has 0 amide bonds. The van der Waals surface area contributed by atoms with E-state index in [2.05, 4.69) is 0 Å². The molecule has 1 aromatic heterocycles. The average Bonchev–Trinajstić information content (AvgIpc) is 2.60. The highest BCUT2D eigenvalue weighted by atomic mass is 16.5. The molecule has 3 aromatic rings. The molecule has 0 aliphatic heterocycles. The van der Waals surface area contributed by atoms with Crippen LogP contribution in [0.5, 0.6) is 17.2 Å². The Bertz CT molecular complexity index is 911. The summed E-state index contributed by atoms with van der Waals surface area (Å²) in [6.07, 6.45) is 0. The number of ether oxygens (including phenoxy) is 3. The van der Waals surface area contributed by atoms with Gasteiger partial charge in [-0.3, -0.25) is 4.79 Å². The molecule has 5 nitrogen and oxygen atoms in total. The van der Waals surface area contributed by atoms with E-state index in [9.17, 15) is 4.79 Å². The molecule has 5 heteroatoms. The van der Waals surface area contributed by atoms with Gasteiger partial charge in [-0.25, -0.2) is 0 Å². The second-order valence-corrected chi connectivity index (χ2v) is 4.91. The van der Waals surface area contributed by atoms with Crippen LogP contribution in [-0.4, -0.2) is 21.3 Å². The van der Waals surface area contributed by atoms with E-state index in [1.165, 1.54) is 20.3 Å².